The quantitative estimate of drug-likeness (QED) is 0.847. The number of nitrogens with zero attached hydrogens (tertiary/aromatic N) is 2. The number of anilines is 2. The number of aromatic nitrogens is 2. The number of hydrogen-bond acceptors (Lipinski definition) is 3. The van der Waals surface area contributed by atoms with E-state index in [-0.39, 0.29) is 0 Å². The average molecular weight is 245 g/mol. The molecule has 0 fully saturated rings. The third kappa shape index (κ3) is 2.83. The number of benzene rings is 1. The Balaban J connectivity index is 2.15. The zero-order chi connectivity index (χ0) is 12.8. The summed E-state index contributed by atoms with van der Waals surface area (Å²) in [6.45, 7) is 3.16. The van der Waals surface area contributed by atoms with Crippen molar-refractivity contribution in [3.05, 3.63) is 36.7 Å². The zero-order valence-electron chi connectivity index (χ0n) is 10.9. The van der Waals surface area contributed by atoms with Gasteiger partial charge < -0.3 is 14.6 Å². The third-order valence-electron chi connectivity index (χ3n) is 2.82. The first kappa shape index (κ1) is 12.5. The van der Waals surface area contributed by atoms with E-state index in [1.54, 1.807) is 7.11 Å². The summed E-state index contributed by atoms with van der Waals surface area (Å²) in [7, 11) is 1.67. The van der Waals surface area contributed by atoms with Crippen LogP contribution < -0.4 is 10.1 Å². The Morgan fingerprint density at radius 1 is 1.33 bits per heavy atom. The molecule has 0 bridgehead atoms. The molecule has 0 saturated carbocycles. The number of nitrogens with one attached hydrogen (secondary N) is 1. The Bertz CT molecular complexity index is 493. The molecule has 1 aromatic carbocycles. The average Bonchev–Trinajstić information content (AvgIpc) is 2.84. The molecular formula is C14H19N3O. The van der Waals surface area contributed by atoms with Gasteiger partial charge in [0.1, 0.15) is 5.75 Å². The molecule has 0 aliphatic carbocycles. The fourth-order valence-electron chi connectivity index (χ4n) is 1.81. The molecule has 1 heterocycles. The van der Waals surface area contributed by atoms with Gasteiger partial charge in [0.25, 0.3) is 0 Å². The van der Waals surface area contributed by atoms with Crippen LogP contribution in [0.15, 0.2) is 36.7 Å². The monoisotopic (exact) mass is 245 g/mol. The molecule has 0 spiro atoms. The largest absolute Gasteiger partial charge is 0.495 e. The van der Waals surface area contributed by atoms with E-state index < -0.39 is 0 Å². The van der Waals surface area contributed by atoms with Gasteiger partial charge in [0, 0.05) is 18.9 Å². The number of imidazole rings is 1. The first-order valence-corrected chi connectivity index (χ1v) is 6.26. The van der Waals surface area contributed by atoms with Gasteiger partial charge in [-0.15, -0.1) is 0 Å². The smallest absolute Gasteiger partial charge is 0.207 e. The molecule has 1 N–H and O–H groups in total. The van der Waals surface area contributed by atoms with Crippen LogP contribution in [0.25, 0.3) is 0 Å². The summed E-state index contributed by atoms with van der Waals surface area (Å²) >= 11 is 0. The molecule has 96 valence electrons. The van der Waals surface area contributed by atoms with Crippen molar-refractivity contribution in [2.75, 3.05) is 12.4 Å². The van der Waals surface area contributed by atoms with E-state index in [1.807, 2.05) is 36.7 Å². The van der Waals surface area contributed by atoms with Gasteiger partial charge in [-0.25, -0.2) is 4.98 Å². The number of ether oxygens (including phenoxy) is 1. The summed E-state index contributed by atoms with van der Waals surface area (Å²) < 4.78 is 7.44. The van der Waals surface area contributed by atoms with Crippen LogP contribution in [-0.2, 0) is 6.54 Å². The van der Waals surface area contributed by atoms with E-state index >= 15 is 0 Å². The predicted octanol–water partition coefficient (Wildman–Crippen LogP) is 3.44. The highest BCUT2D eigenvalue weighted by Crippen LogP contribution is 2.26. The summed E-state index contributed by atoms with van der Waals surface area (Å²) in [5, 5.41) is 3.31. The second-order valence-corrected chi connectivity index (χ2v) is 4.12. The molecule has 1 aromatic heterocycles. The van der Waals surface area contributed by atoms with Crippen LogP contribution in [0.4, 0.5) is 11.6 Å². The summed E-state index contributed by atoms with van der Waals surface area (Å²) in [6.07, 6.45) is 6.13. The molecule has 0 radical (unpaired) electrons. The number of para-hydroxylation sites is 2. The minimum absolute atomic E-state index is 0.822. The van der Waals surface area contributed by atoms with E-state index in [9.17, 15) is 0 Å². The highest BCUT2D eigenvalue weighted by atomic mass is 16.5. The maximum absolute atomic E-state index is 5.32. The van der Waals surface area contributed by atoms with Gasteiger partial charge in [0.2, 0.25) is 5.95 Å². The summed E-state index contributed by atoms with van der Waals surface area (Å²) in [4.78, 5) is 4.34. The fourth-order valence-corrected chi connectivity index (χ4v) is 1.81. The molecule has 4 nitrogen and oxygen atoms in total. The van der Waals surface area contributed by atoms with Crippen molar-refractivity contribution in [3.63, 3.8) is 0 Å². The lowest BCUT2D eigenvalue weighted by Crippen LogP contribution is -2.04. The number of hydrogen-bond donors (Lipinski definition) is 1. The lowest BCUT2D eigenvalue weighted by molar-refractivity contribution is 0.416. The second-order valence-electron chi connectivity index (χ2n) is 4.12. The normalized spacial score (nSPS) is 10.3. The van der Waals surface area contributed by atoms with Gasteiger partial charge >= 0.3 is 0 Å². The zero-order valence-corrected chi connectivity index (χ0v) is 10.9. The van der Waals surface area contributed by atoms with Crippen molar-refractivity contribution in [1.82, 2.24) is 9.55 Å². The minimum atomic E-state index is 0.822. The van der Waals surface area contributed by atoms with Crippen molar-refractivity contribution in [2.45, 2.75) is 26.3 Å². The Morgan fingerprint density at radius 3 is 2.94 bits per heavy atom. The molecule has 2 rings (SSSR count). The molecule has 0 saturated heterocycles. The minimum Gasteiger partial charge on any atom is -0.495 e. The molecule has 18 heavy (non-hydrogen) atoms. The van der Waals surface area contributed by atoms with Gasteiger partial charge in [-0.1, -0.05) is 25.5 Å². The van der Waals surface area contributed by atoms with Crippen LogP contribution in [0, 0.1) is 0 Å². The Kier molecular flexibility index (Phi) is 4.23. The van der Waals surface area contributed by atoms with Gasteiger partial charge in [-0.05, 0) is 18.6 Å². The lowest BCUT2D eigenvalue weighted by Gasteiger charge is -2.12. The lowest BCUT2D eigenvalue weighted by atomic mass is 10.3. The summed E-state index contributed by atoms with van der Waals surface area (Å²) in [6, 6.07) is 7.84. The first-order chi connectivity index (χ1) is 8.85. The molecule has 0 amide bonds. The SMILES string of the molecule is CCCCn1ccnc1Nc1ccccc1OC. The maximum Gasteiger partial charge on any atom is 0.207 e. The Labute approximate surface area is 108 Å². The first-order valence-electron chi connectivity index (χ1n) is 6.26. The van der Waals surface area contributed by atoms with Crippen molar-refractivity contribution < 1.29 is 4.74 Å². The van der Waals surface area contributed by atoms with Crippen LogP contribution in [0.5, 0.6) is 5.75 Å². The Hall–Kier alpha value is -1.97. The highest BCUT2D eigenvalue weighted by Gasteiger charge is 2.06. The van der Waals surface area contributed by atoms with E-state index in [0.29, 0.717) is 0 Å². The van der Waals surface area contributed by atoms with Crippen LogP contribution in [0.2, 0.25) is 0 Å². The van der Waals surface area contributed by atoms with Crippen molar-refractivity contribution in [3.8, 4) is 5.75 Å². The third-order valence-corrected chi connectivity index (χ3v) is 2.82. The molecule has 0 aliphatic rings. The predicted molar refractivity (Wildman–Crippen MR) is 73.4 cm³/mol. The van der Waals surface area contributed by atoms with Crippen LogP contribution in [0.1, 0.15) is 19.8 Å². The maximum atomic E-state index is 5.32. The van der Waals surface area contributed by atoms with E-state index in [0.717, 1.165) is 30.4 Å². The summed E-state index contributed by atoms with van der Waals surface area (Å²) in [5.74, 6) is 1.68. The molecule has 0 aliphatic heterocycles. The number of aryl methyl sites for hydroxylation is 1. The molecule has 4 heteroatoms. The van der Waals surface area contributed by atoms with Gasteiger partial charge in [0.05, 0.1) is 12.8 Å². The highest BCUT2D eigenvalue weighted by molar-refractivity contribution is 5.62. The fraction of sp³-hybridized carbons (Fsp3) is 0.357. The van der Waals surface area contributed by atoms with Crippen molar-refractivity contribution in [2.24, 2.45) is 0 Å². The molecule has 2 aromatic rings. The van der Waals surface area contributed by atoms with Gasteiger partial charge in [-0.3, -0.25) is 0 Å². The van der Waals surface area contributed by atoms with E-state index in [2.05, 4.69) is 21.8 Å². The topological polar surface area (TPSA) is 39.1 Å². The molecular weight excluding hydrogens is 226 g/mol. The molecule has 0 atom stereocenters. The Morgan fingerprint density at radius 2 is 2.17 bits per heavy atom. The van der Waals surface area contributed by atoms with Crippen molar-refractivity contribution >= 4 is 11.6 Å². The van der Waals surface area contributed by atoms with E-state index in [1.165, 1.54) is 6.42 Å². The van der Waals surface area contributed by atoms with Crippen LogP contribution >= 0.6 is 0 Å². The van der Waals surface area contributed by atoms with Gasteiger partial charge in [-0.2, -0.15) is 0 Å². The standard InChI is InChI=1S/C14H19N3O/c1-3-4-10-17-11-9-15-14(17)16-12-7-5-6-8-13(12)18-2/h5-9,11H,3-4,10H2,1-2H3,(H,15,16). The number of unbranched alkanes of at least 4 members (excludes halogenated alkanes) is 1. The molecule has 0 unspecified atom stereocenters. The van der Waals surface area contributed by atoms with Crippen molar-refractivity contribution in [1.29, 1.82) is 0 Å². The number of methoxy groups -OCH3 is 1. The van der Waals surface area contributed by atoms with E-state index in [4.69, 9.17) is 4.74 Å². The van der Waals surface area contributed by atoms with Gasteiger partial charge in [0.15, 0.2) is 0 Å². The van der Waals surface area contributed by atoms with Crippen LogP contribution in [0.3, 0.4) is 0 Å². The van der Waals surface area contributed by atoms with Crippen LogP contribution in [-0.4, -0.2) is 16.7 Å². The summed E-state index contributed by atoms with van der Waals surface area (Å²) in [5.41, 5.74) is 0.934. The second kappa shape index (κ2) is 6.10. The number of rotatable bonds is 6.